The number of aromatic nitrogens is 3. The Hall–Kier alpha value is -1.79. The van der Waals surface area contributed by atoms with Crippen LogP contribution in [0.2, 0.25) is 0 Å². The van der Waals surface area contributed by atoms with E-state index in [1.54, 1.807) is 18.5 Å². The first kappa shape index (κ1) is 14.2. The minimum Gasteiger partial charge on any atom is -0.387 e. The molecule has 0 aliphatic carbocycles. The third-order valence-electron chi connectivity index (χ3n) is 4.03. The molecule has 0 spiro atoms. The van der Waals surface area contributed by atoms with Gasteiger partial charge in [0.1, 0.15) is 18.5 Å². The molecule has 1 saturated heterocycles. The lowest BCUT2D eigenvalue weighted by molar-refractivity contribution is 0.100. The van der Waals surface area contributed by atoms with Crippen molar-refractivity contribution in [3.05, 3.63) is 48.3 Å². The van der Waals surface area contributed by atoms with Crippen LogP contribution in [0, 0.1) is 5.82 Å². The maximum Gasteiger partial charge on any atom is 0.137 e. The molecule has 1 N–H and O–H groups in total. The first-order chi connectivity index (χ1) is 10.2. The Morgan fingerprint density at radius 3 is 2.86 bits per heavy atom. The Morgan fingerprint density at radius 1 is 1.33 bits per heavy atom. The SMILES string of the molecule is O[C@@H](CN1CCC[C@H]1Cn1cncn1)c1ccc(F)cc1. The van der Waals surface area contributed by atoms with Crippen LogP contribution in [0.15, 0.2) is 36.9 Å². The van der Waals surface area contributed by atoms with Gasteiger partial charge in [0.05, 0.1) is 12.6 Å². The van der Waals surface area contributed by atoms with E-state index in [1.165, 1.54) is 18.5 Å². The van der Waals surface area contributed by atoms with Crippen LogP contribution >= 0.6 is 0 Å². The van der Waals surface area contributed by atoms with E-state index in [-0.39, 0.29) is 5.82 Å². The molecule has 6 heteroatoms. The summed E-state index contributed by atoms with van der Waals surface area (Å²) in [6.45, 7) is 2.32. The number of nitrogens with zero attached hydrogens (tertiary/aromatic N) is 4. The third-order valence-corrected chi connectivity index (χ3v) is 4.03. The van der Waals surface area contributed by atoms with Crippen molar-refractivity contribution in [1.29, 1.82) is 0 Å². The van der Waals surface area contributed by atoms with Crippen LogP contribution in [-0.2, 0) is 6.54 Å². The lowest BCUT2D eigenvalue weighted by atomic mass is 10.1. The molecular weight excluding hydrogens is 271 g/mol. The Balaban J connectivity index is 1.61. The molecule has 112 valence electrons. The van der Waals surface area contributed by atoms with Crippen molar-refractivity contribution in [2.75, 3.05) is 13.1 Å². The minimum atomic E-state index is -0.595. The summed E-state index contributed by atoms with van der Waals surface area (Å²) in [6, 6.07) is 6.41. The number of likely N-dealkylation sites (tertiary alicyclic amines) is 1. The molecule has 0 bridgehead atoms. The number of benzene rings is 1. The van der Waals surface area contributed by atoms with Crippen LogP contribution in [0.4, 0.5) is 4.39 Å². The van der Waals surface area contributed by atoms with Crippen molar-refractivity contribution in [3.8, 4) is 0 Å². The van der Waals surface area contributed by atoms with Crippen LogP contribution in [0.1, 0.15) is 24.5 Å². The number of hydrogen-bond donors (Lipinski definition) is 1. The number of β-amino-alcohol motifs (C(OH)–C–C–N with tert-alkyl or cyclic N) is 1. The fourth-order valence-electron chi connectivity index (χ4n) is 2.90. The van der Waals surface area contributed by atoms with Gasteiger partial charge in [-0.2, -0.15) is 5.10 Å². The van der Waals surface area contributed by atoms with Gasteiger partial charge in [-0.3, -0.25) is 9.58 Å². The van der Waals surface area contributed by atoms with E-state index in [0.717, 1.165) is 31.5 Å². The van der Waals surface area contributed by atoms with Crippen molar-refractivity contribution in [2.24, 2.45) is 0 Å². The molecule has 2 atom stereocenters. The second-order valence-electron chi connectivity index (χ2n) is 5.48. The molecule has 5 nitrogen and oxygen atoms in total. The number of hydrogen-bond acceptors (Lipinski definition) is 4. The van der Waals surface area contributed by atoms with E-state index in [9.17, 15) is 9.50 Å². The molecule has 0 unspecified atom stereocenters. The van der Waals surface area contributed by atoms with Crippen LogP contribution in [0.25, 0.3) is 0 Å². The predicted octanol–water partition coefficient (Wildman–Crippen LogP) is 1.62. The zero-order valence-corrected chi connectivity index (χ0v) is 11.8. The van der Waals surface area contributed by atoms with Crippen molar-refractivity contribution < 1.29 is 9.50 Å². The Bertz CT molecular complexity index is 558. The summed E-state index contributed by atoms with van der Waals surface area (Å²) >= 11 is 0. The molecule has 2 aromatic rings. The average molecular weight is 290 g/mol. The zero-order chi connectivity index (χ0) is 14.7. The van der Waals surface area contributed by atoms with Gasteiger partial charge in [-0.25, -0.2) is 9.37 Å². The highest BCUT2D eigenvalue weighted by Crippen LogP contribution is 2.23. The van der Waals surface area contributed by atoms with E-state index >= 15 is 0 Å². The zero-order valence-electron chi connectivity index (χ0n) is 11.8. The highest BCUT2D eigenvalue weighted by atomic mass is 19.1. The summed E-state index contributed by atoms with van der Waals surface area (Å²) in [5, 5.41) is 14.5. The number of aliphatic hydroxyl groups is 1. The molecule has 0 radical (unpaired) electrons. The van der Waals surface area contributed by atoms with Crippen LogP contribution in [-0.4, -0.2) is 43.9 Å². The maximum atomic E-state index is 12.9. The lowest BCUT2D eigenvalue weighted by Crippen LogP contribution is -2.36. The molecular formula is C15H19FN4O. The lowest BCUT2D eigenvalue weighted by Gasteiger charge is -2.26. The van der Waals surface area contributed by atoms with Crippen LogP contribution in [0.3, 0.4) is 0 Å². The van der Waals surface area contributed by atoms with E-state index < -0.39 is 6.10 Å². The van der Waals surface area contributed by atoms with E-state index in [4.69, 9.17) is 0 Å². The van der Waals surface area contributed by atoms with E-state index in [2.05, 4.69) is 15.0 Å². The van der Waals surface area contributed by atoms with Crippen LogP contribution in [0.5, 0.6) is 0 Å². The summed E-state index contributed by atoms with van der Waals surface area (Å²) in [5.74, 6) is -0.281. The van der Waals surface area contributed by atoms with Gasteiger partial charge in [-0.15, -0.1) is 0 Å². The van der Waals surface area contributed by atoms with Gasteiger partial charge in [0.15, 0.2) is 0 Å². The fraction of sp³-hybridized carbons (Fsp3) is 0.467. The Morgan fingerprint density at radius 2 is 2.14 bits per heavy atom. The van der Waals surface area contributed by atoms with Gasteiger partial charge < -0.3 is 5.11 Å². The second kappa shape index (κ2) is 6.32. The van der Waals surface area contributed by atoms with Crippen molar-refractivity contribution >= 4 is 0 Å². The quantitative estimate of drug-likeness (QED) is 0.909. The van der Waals surface area contributed by atoms with Crippen LogP contribution < -0.4 is 0 Å². The Kier molecular flexibility index (Phi) is 4.26. The topological polar surface area (TPSA) is 54.2 Å². The summed E-state index contributed by atoms with van der Waals surface area (Å²) < 4.78 is 14.7. The summed E-state index contributed by atoms with van der Waals surface area (Å²) in [4.78, 5) is 6.23. The molecule has 0 saturated carbocycles. The van der Waals surface area contributed by atoms with Gasteiger partial charge >= 0.3 is 0 Å². The smallest absolute Gasteiger partial charge is 0.137 e. The van der Waals surface area contributed by atoms with Crippen molar-refractivity contribution in [3.63, 3.8) is 0 Å². The second-order valence-corrected chi connectivity index (χ2v) is 5.48. The van der Waals surface area contributed by atoms with Gasteiger partial charge in [-0.1, -0.05) is 12.1 Å². The predicted molar refractivity (Wildman–Crippen MR) is 76.0 cm³/mol. The van der Waals surface area contributed by atoms with Gasteiger partial charge in [0.2, 0.25) is 0 Å². The van der Waals surface area contributed by atoms with Gasteiger partial charge in [-0.05, 0) is 37.1 Å². The molecule has 1 aliphatic rings. The molecule has 2 heterocycles. The van der Waals surface area contributed by atoms with Crippen molar-refractivity contribution in [1.82, 2.24) is 19.7 Å². The number of aliphatic hydroxyl groups excluding tert-OH is 1. The molecule has 0 amide bonds. The highest BCUT2D eigenvalue weighted by Gasteiger charge is 2.27. The molecule has 1 aliphatic heterocycles. The first-order valence-electron chi connectivity index (χ1n) is 7.22. The fourth-order valence-corrected chi connectivity index (χ4v) is 2.90. The molecule has 1 aromatic heterocycles. The molecule has 3 rings (SSSR count). The number of halogens is 1. The van der Waals surface area contributed by atoms with Gasteiger partial charge in [0, 0.05) is 12.6 Å². The molecule has 21 heavy (non-hydrogen) atoms. The van der Waals surface area contributed by atoms with Gasteiger partial charge in [0.25, 0.3) is 0 Å². The molecule has 1 aromatic carbocycles. The molecule has 1 fully saturated rings. The largest absolute Gasteiger partial charge is 0.387 e. The van der Waals surface area contributed by atoms with Crippen molar-refractivity contribution in [2.45, 2.75) is 31.5 Å². The maximum absolute atomic E-state index is 12.9. The monoisotopic (exact) mass is 290 g/mol. The highest BCUT2D eigenvalue weighted by molar-refractivity contribution is 5.18. The average Bonchev–Trinajstić information content (AvgIpc) is 3.13. The Labute approximate surface area is 123 Å². The first-order valence-corrected chi connectivity index (χ1v) is 7.22. The standard InChI is InChI=1S/C15H19FN4O/c16-13-5-3-12(4-6-13)15(21)9-19-7-1-2-14(19)8-20-11-17-10-18-20/h3-6,10-11,14-15,21H,1-2,7-9H2/t14-,15-/m0/s1. The minimum absolute atomic E-state index is 0.281. The number of rotatable bonds is 5. The summed E-state index contributed by atoms with van der Waals surface area (Å²) in [7, 11) is 0. The summed E-state index contributed by atoms with van der Waals surface area (Å²) in [5.41, 5.74) is 0.753. The third kappa shape index (κ3) is 3.46. The normalized spacial score (nSPS) is 20.8. The van der Waals surface area contributed by atoms with E-state index in [1.807, 2.05) is 4.68 Å². The summed E-state index contributed by atoms with van der Waals surface area (Å²) in [6.07, 6.45) is 4.87. The van der Waals surface area contributed by atoms with E-state index in [0.29, 0.717) is 12.6 Å².